The van der Waals surface area contributed by atoms with Crippen LogP contribution in [0.25, 0.3) is 0 Å². The molecule has 0 aliphatic carbocycles. The molecule has 0 spiro atoms. The van der Waals surface area contributed by atoms with Crippen LogP contribution < -0.4 is 10.6 Å². The van der Waals surface area contributed by atoms with Gasteiger partial charge in [0.1, 0.15) is 5.82 Å². The lowest BCUT2D eigenvalue weighted by atomic mass is 10.2. The Morgan fingerprint density at radius 2 is 1.95 bits per heavy atom. The van der Waals surface area contributed by atoms with Crippen LogP contribution in [0.15, 0.2) is 24.3 Å². The maximum Gasteiger partial charge on any atom is 0.229 e. The van der Waals surface area contributed by atoms with Gasteiger partial charge in [0.2, 0.25) is 5.95 Å². The first kappa shape index (κ1) is 15.6. The van der Waals surface area contributed by atoms with Gasteiger partial charge in [-0.1, -0.05) is 31.0 Å². The van der Waals surface area contributed by atoms with Crippen molar-refractivity contribution >= 4 is 29.1 Å². The molecule has 5 heteroatoms. The normalized spacial score (nSPS) is 10.5. The van der Waals surface area contributed by atoms with Crippen molar-refractivity contribution in [1.82, 2.24) is 9.97 Å². The second-order valence-corrected chi connectivity index (χ2v) is 5.49. The van der Waals surface area contributed by atoms with Gasteiger partial charge in [0.25, 0.3) is 0 Å². The number of nitrogens with zero attached hydrogens (tertiary/aromatic N) is 2. The number of anilines is 3. The zero-order valence-electron chi connectivity index (χ0n) is 12.7. The van der Waals surface area contributed by atoms with Crippen molar-refractivity contribution in [2.75, 3.05) is 17.2 Å². The van der Waals surface area contributed by atoms with Gasteiger partial charge in [-0.2, -0.15) is 4.98 Å². The lowest BCUT2D eigenvalue weighted by Crippen LogP contribution is -2.06. The van der Waals surface area contributed by atoms with E-state index in [9.17, 15) is 0 Å². The molecule has 0 saturated carbocycles. The summed E-state index contributed by atoms with van der Waals surface area (Å²) in [7, 11) is 0. The van der Waals surface area contributed by atoms with Crippen molar-refractivity contribution in [2.45, 2.75) is 33.6 Å². The van der Waals surface area contributed by atoms with Gasteiger partial charge in [-0.3, -0.25) is 0 Å². The molecule has 2 aromatic rings. The number of unbranched alkanes of at least 4 members (excludes halogenated alkanes) is 1. The monoisotopic (exact) mass is 304 g/mol. The minimum absolute atomic E-state index is 0.578. The molecule has 0 amide bonds. The molecule has 0 unspecified atom stereocenters. The average Bonchev–Trinajstić information content (AvgIpc) is 2.43. The van der Waals surface area contributed by atoms with Gasteiger partial charge in [0.05, 0.1) is 0 Å². The van der Waals surface area contributed by atoms with E-state index in [2.05, 4.69) is 27.5 Å². The van der Waals surface area contributed by atoms with Crippen LogP contribution in [0.2, 0.25) is 5.02 Å². The number of rotatable bonds is 6. The molecule has 0 aliphatic rings. The summed E-state index contributed by atoms with van der Waals surface area (Å²) in [5, 5.41) is 7.24. The number of benzene rings is 1. The van der Waals surface area contributed by atoms with E-state index in [1.807, 2.05) is 38.1 Å². The smallest absolute Gasteiger partial charge is 0.229 e. The van der Waals surface area contributed by atoms with E-state index in [1.165, 1.54) is 0 Å². The summed E-state index contributed by atoms with van der Waals surface area (Å²) in [5.74, 6) is 1.42. The Morgan fingerprint density at radius 3 is 2.67 bits per heavy atom. The fourth-order valence-corrected chi connectivity index (χ4v) is 2.09. The molecule has 0 saturated heterocycles. The minimum Gasteiger partial charge on any atom is -0.370 e. The van der Waals surface area contributed by atoms with Crippen molar-refractivity contribution in [1.29, 1.82) is 0 Å². The molecule has 0 aliphatic heterocycles. The Labute approximate surface area is 131 Å². The minimum atomic E-state index is 0.578. The fraction of sp³-hybridized carbons (Fsp3) is 0.375. The third-order valence-corrected chi connectivity index (χ3v) is 3.53. The third-order valence-electron chi connectivity index (χ3n) is 3.12. The molecular formula is C16H21ClN4. The van der Waals surface area contributed by atoms with Crippen molar-refractivity contribution < 1.29 is 0 Å². The van der Waals surface area contributed by atoms with Crippen LogP contribution in [0.1, 0.15) is 31.0 Å². The van der Waals surface area contributed by atoms with E-state index in [1.54, 1.807) is 0 Å². The number of hydrogen-bond donors (Lipinski definition) is 2. The number of nitrogens with one attached hydrogen (secondary N) is 2. The molecule has 4 nitrogen and oxygen atoms in total. The van der Waals surface area contributed by atoms with Crippen LogP contribution >= 0.6 is 11.6 Å². The molecule has 0 fully saturated rings. The molecule has 112 valence electrons. The Hall–Kier alpha value is -1.81. The highest BCUT2D eigenvalue weighted by Crippen LogP contribution is 2.22. The molecule has 2 N–H and O–H groups in total. The summed E-state index contributed by atoms with van der Waals surface area (Å²) >= 11 is 6.13. The fourth-order valence-electron chi connectivity index (χ4n) is 1.91. The first-order chi connectivity index (χ1) is 10.1. The summed E-state index contributed by atoms with van der Waals surface area (Å²) in [6, 6.07) is 7.77. The predicted octanol–water partition coefficient (Wildman–Crippen LogP) is 4.70. The largest absolute Gasteiger partial charge is 0.370 e. The topological polar surface area (TPSA) is 49.8 Å². The summed E-state index contributed by atoms with van der Waals surface area (Å²) in [6.45, 7) is 7.02. The maximum absolute atomic E-state index is 6.13. The van der Waals surface area contributed by atoms with Crippen LogP contribution in [-0.2, 0) is 0 Å². The number of halogens is 1. The lowest BCUT2D eigenvalue weighted by molar-refractivity contribution is 0.830. The van der Waals surface area contributed by atoms with Crippen LogP contribution in [0.5, 0.6) is 0 Å². The highest BCUT2D eigenvalue weighted by molar-refractivity contribution is 6.31. The molecular weight excluding hydrogens is 284 g/mol. The Kier molecular flexibility index (Phi) is 5.39. The quantitative estimate of drug-likeness (QED) is 0.759. The Morgan fingerprint density at radius 1 is 1.14 bits per heavy atom. The van der Waals surface area contributed by atoms with E-state index in [4.69, 9.17) is 11.6 Å². The third kappa shape index (κ3) is 4.60. The van der Waals surface area contributed by atoms with Gasteiger partial charge in [0.15, 0.2) is 0 Å². The molecule has 1 aromatic carbocycles. The van der Waals surface area contributed by atoms with Gasteiger partial charge in [-0.15, -0.1) is 0 Å². The second-order valence-electron chi connectivity index (χ2n) is 5.09. The second kappa shape index (κ2) is 7.27. The highest BCUT2D eigenvalue weighted by Gasteiger charge is 2.04. The average molecular weight is 305 g/mol. The number of aryl methyl sites for hydroxylation is 2. The maximum atomic E-state index is 6.13. The summed E-state index contributed by atoms with van der Waals surface area (Å²) in [6.07, 6.45) is 2.28. The van der Waals surface area contributed by atoms with Crippen molar-refractivity contribution in [2.24, 2.45) is 0 Å². The first-order valence-corrected chi connectivity index (χ1v) is 7.59. The molecule has 1 heterocycles. The van der Waals surface area contributed by atoms with E-state index >= 15 is 0 Å². The highest BCUT2D eigenvalue weighted by atomic mass is 35.5. The zero-order valence-corrected chi connectivity index (χ0v) is 13.5. The van der Waals surface area contributed by atoms with Gasteiger partial charge in [0, 0.05) is 29.0 Å². The van der Waals surface area contributed by atoms with Gasteiger partial charge in [-0.05, 0) is 38.0 Å². The first-order valence-electron chi connectivity index (χ1n) is 7.21. The molecule has 21 heavy (non-hydrogen) atoms. The van der Waals surface area contributed by atoms with E-state index in [-0.39, 0.29) is 0 Å². The SMILES string of the molecule is CCCCNc1cc(C)nc(Nc2ccc(C)c(Cl)c2)n1. The number of hydrogen-bond acceptors (Lipinski definition) is 4. The predicted molar refractivity (Wildman–Crippen MR) is 89.6 cm³/mol. The lowest BCUT2D eigenvalue weighted by Gasteiger charge is -2.10. The molecule has 0 atom stereocenters. The number of aromatic nitrogens is 2. The van der Waals surface area contributed by atoms with Crippen molar-refractivity contribution in [3.8, 4) is 0 Å². The van der Waals surface area contributed by atoms with E-state index in [0.29, 0.717) is 5.95 Å². The van der Waals surface area contributed by atoms with Crippen molar-refractivity contribution in [3.05, 3.63) is 40.5 Å². The van der Waals surface area contributed by atoms with E-state index < -0.39 is 0 Å². The van der Waals surface area contributed by atoms with Gasteiger partial charge in [-0.25, -0.2) is 4.98 Å². The zero-order chi connectivity index (χ0) is 15.2. The van der Waals surface area contributed by atoms with Crippen LogP contribution in [0.4, 0.5) is 17.5 Å². The molecule has 0 bridgehead atoms. The van der Waals surface area contributed by atoms with Gasteiger partial charge >= 0.3 is 0 Å². The summed E-state index contributed by atoms with van der Waals surface area (Å²) < 4.78 is 0. The Bertz CT molecular complexity index is 613. The van der Waals surface area contributed by atoms with E-state index in [0.717, 1.165) is 47.2 Å². The summed E-state index contributed by atoms with van der Waals surface area (Å²) in [5.41, 5.74) is 2.86. The van der Waals surface area contributed by atoms with Crippen molar-refractivity contribution in [3.63, 3.8) is 0 Å². The molecule has 2 rings (SSSR count). The van der Waals surface area contributed by atoms with Crippen LogP contribution in [0, 0.1) is 13.8 Å². The standard InChI is InChI=1S/C16H21ClN4/c1-4-5-8-18-15-9-12(3)19-16(21-15)20-13-7-6-11(2)14(17)10-13/h6-7,9-10H,4-5,8H2,1-3H3,(H2,18,19,20,21). The Balaban J connectivity index is 2.13. The molecule has 1 aromatic heterocycles. The van der Waals surface area contributed by atoms with Gasteiger partial charge < -0.3 is 10.6 Å². The van der Waals surface area contributed by atoms with Crippen LogP contribution in [0.3, 0.4) is 0 Å². The van der Waals surface area contributed by atoms with Crippen LogP contribution in [-0.4, -0.2) is 16.5 Å². The summed E-state index contributed by atoms with van der Waals surface area (Å²) in [4.78, 5) is 8.88. The molecule has 0 radical (unpaired) electrons.